The van der Waals surface area contributed by atoms with Gasteiger partial charge >= 0.3 is 5.97 Å². The standard InChI is InChI=1S/C12H12N2O3/c1-6-9(12(15)16)11(13)10-7(14-6)4-3-5-8(10)17-2/h3-5H,1-2H3,(H2,13,14)(H,15,16). The fraction of sp³-hybridized carbons (Fsp3) is 0.167. The van der Waals surface area contributed by atoms with Crippen LogP contribution >= 0.6 is 0 Å². The quantitative estimate of drug-likeness (QED) is 0.825. The van der Waals surface area contributed by atoms with E-state index in [1.165, 1.54) is 7.11 Å². The van der Waals surface area contributed by atoms with Crippen LogP contribution in [0.3, 0.4) is 0 Å². The summed E-state index contributed by atoms with van der Waals surface area (Å²) >= 11 is 0. The van der Waals surface area contributed by atoms with E-state index in [-0.39, 0.29) is 11.3 Å². The second-order valence-corrected chi connectivity index (χ2v) is 3.65. The number of pyridine rings is 1. The zero-order valence-corrected chi connectivity index (χ0v) is 9.52. The monoisotopic (exact) mass is 232 g/mol. The first kappa shape index (κ1) is 11.2. The highest BCUT2D eigenvalue weighted by molar-refractivity contribution is 6.06. The number of hydrogen-bond donors (Lipinski definition) is 2. The first-order chi connectivity index (χ1) is 8.06. The highest BCUT2D eigenvalue weighted by atomic mass is 16.5. The second-order valence-electron chi connectivity index (χ2n) is 3.65. The molecule has 0 amide bonds. The van der Waals surface area contributed by atoms with Gasteiger partial charge in [-0.25, -0.2) is 4.79 Å². The Bertz CT molecular complexity index is 608. The number of nitrogen functional groups attached to an aromatic ring is 1. The van der Waals surface area contributed by atoms with Crippen molar-refractivity contribution in [2.45, 2.75) is 6.92 Å². The van der Waals surface area contributed by atoms with Crippen molar-refractivity contribution in [1.82, 2.24) is 4.98 Å². The van der Waals surface area contributed by atoms with E-state index in [0.29, 0.717) is 22.3 Å². The van der Waals surface area contributed by atoms with E-state index in [2.05, 4.69) is 4.98 Å². The number of ether oxygens (including phenoxy) is 1. The Morgan fingerprint density at radius 1 is 1.47 bits per heavy atom. The summed E-state index contributed by atoms with van der Waals surface area (Å²) in [4.78, 5) is 15.4. The van der Waals surface area contributed by atoms with Gasteiger partial charge in [-0.05, 0) is 19.1 Å². The summed E-state index contributed by atoms with van der Waals surface area (Å²) in [5.41, 5.74) is 7.15. The maximum Gasteiger partial charge on any atom is 0.339 e. The number of nitrogens with zero attached hydrogens (tertiary/aromatic N) is 1. The van der Waals surface area contributed by atoms with Crippen LogP contribution in [0.4, 0.5) is 5.69 Å². The van der Waals surface area contributed by atoms with E-state index in [4.69, 9.17) is 15.6 Å². The van der Waals surface area contributed by atoms with Gasteiger partial charge in [0.15, 0.2) is 0 Å². The lowest BCUT2D eigenvalue weighted by atomic mass is 10.1. The van der Waals surface area contributed by atoms with Crippen LogP contribution in [0, 0.1) is 6.92 Å². The van der Waals surface area contributed by atoms with Crippen LogP contribution in [0.5, 0.6) is 5.75 Å². The van der Waals surface area contributed by atoms with Crippen molar-refractivity contribution < 1.29 is 14.6 Å². The molecule has 0 bridgehead atoms. The average molecular weight is 232 g/mol. The molecule has 0 aliphatic rings. The van der Waals surface area contributed by atoms with Crippen LogP contribution in [0.25, 0.3) is 10.9 Å². The van der Waals surface area contributed by atoms with Crippen molar-refractivity contribution in [1.29, 1.82) is 0 Å². The molecule has 0 radical (unpaired) electrons. The second kappa shape index (κ2) is 3.93. The van der Waals surface area contributed by atoms with E-state index in [1.54, 1.807) is 25.1 Å². The smallest absolute Gasteiger partial charge is 0.339 e. The number of rotatable bonds is 2. The zero-order chi connectivity index (χ0) is 12.6. The number of methoxy groups -OCH3 is 1. The summed E-state index contributed by atoms with van der Waals surface area (Å²) in [7, 11) is 1.51. The first-order valence-corrected chi connectivity index (χ1v) is 5.02. The molecule has 0 aliphatic heterocycles. The first-order valence-electron chi connectivity index (χ1n) is 5.02. The Balaban J connectivity index is 2.93. The Morgan fingerprint density at radius 2 is 2.18 bits per heavy atom. The summed E-state index contributed by atoms with van der Waals surface area (Å²) in [5.74, 6) is -0.560. The molecule has 2 rings (SSSR count). The molecule has 88 valence electrons. The molecule has 0 saturated heterocycles. The van der Waals surface area contributed by atoms with Crippen molar-refractivity contribution >= 4 is 22.6 Å². The summed E-state index contributed by atoms with van der Waals surface area (Å²) < 4.78 is 5.17. The lowest BCUT2D eigenvalue weighted by Crippen LogP contribution is -2.08. The Labute approximate surface area is 97.8 Å². The predicted molar refractivity (Wildman–Crippen MR) is 64.4 cm³/mol. The van der Waals surface area contributed by atoms with E-state index >= 15 is 0 Å². The SMILES string of the molecule is COc1cccc2nc(C)c(C(=O)O)c(N)c12. The molecule has 0 atom stereocenters. The molecule has 5 nitrogen and oxygen atoms in total. The van der Waals surface area contributed by atoms with Crippen LogP contribution in [-0.4, -0.2) is 23.2 Å². The molecular weight excluding hydrogens is 220 g/mol. The topological polar surface area (TPSA) is 85.4 Å². The summed E-state index contributed by atoms with van der Waals surface area (Å²) in [5, 5.41) is 9.65. The fourth-order valence-electron chi connectivity index (χ4n) is 1.88. The maximum atomic E-state index is 11.1. The highest BCUT2D eigenvalue weighted by Crippen LogP contribution is 2.32. The molecule has 0 fully saturated rings. The molecular formula is C12H12N2O3. The number of fused-ring (bicyclic) bond motifs is 1. The number of benzene rings is 1. The van der Waals surface area contributed by atoms with Gasteiger partial charge in [0.2, 0.25) is 0 Å². The summed E-state index contributed by atoms with van der Waals surface area (Å²) in [6.45, 7) is 1.62. The van der Waals surface area contributed by atoms with Gasteiger partial charge in [-0.1, -0.05) is 6.07 Å². The van der Waals surface area contributed by atoms with Crippen molar-refractivity contribution in [3.63, 3.8) is 0 Å². The van der Waals surface area contributed by atoms with E-state index < -0.39 is 5.97 Å². The minimum absolute atomic E-state index is 0.0296. The van der Waals surface area contributed by atoms with E-state index in [0.717, 1.165) is 0 Å². The largest absolute Gasteiger partial charge is 0.496 e. The van der Waals surface area contributed by atoms with Crippen molar-refractivity contribution in [2.24, 2.45) is 0 Å². The zero-order valence-electron chi connectivity index (χ0n) is 9.52. The minimum Gasteiger partial charge on any atom is -0.496 e. The molecule has 0 aliphatic carbocycles. The molecule has 0 spiro atoms. The van der Waals surface area contributed by atoms with E-state index in [1.807, 2.05) is 0 Å². The van der Waals surface area contributed by atoms with Gasteiger partial charge in [-0.2, -0.15) is 0 Å². The number of nitrogens with two attached hydrogens (primary N) is 1. The molecule has 1 aromatic heterocycles. The number of carboxylic acid groups (broad SMARTS) is 1. The predicted octanol–water partition coefficient (Wildman–Crippen LogP) is 1.83. The van der Waals surface area contributed by atoms with Gasteiger partial charge in [0.25, 0.3) is 0 Å². The molecule has 2 aromatic rings. The number of aromatic nitrogens is 1. The van der Waals surface area contributed by atoms with Gasteiger partial charge in [-0.15, -0.1) is 0 Å². The van der Waals surface area contributed by atoms with Crippen molar-refractivity contribution in [2.75, 3.05) is 12.8 Å². The molecule has 0 saturated carbocycles. The third-order valence-corrected chi connectivity index (χ3v) is 2.63. The van der Waals surface area contributed by atoms with Gasteiger partial charge in [0, 0.05) is 0 Å². The highest BCUT2D eigenvalue weighted by Gasteiger charge is 2.18. The lowest BCUT2D eigenvalue weighted by Gasteiger charge is -2.11. The van der Waals surface area contributed by atoms with Gasteiger partial charge < -0.3 is 15.6 Å². The van der Waals surface area contributed by atoms with Gasteiger partial charge in [0.05, 0.1) is 29.4 Å². The van der Waals surface area contributed by atoms with Gasteiger partial charge in [0.1, 0.15) is 11.3 Å². The van der Waals surface area contributed by atoms with Crippen LogP contribution < -0.4 is 10.5 Å². The number of carboxylic acids is 1. The molecule has 1 heterocycles. The number of aryl methyl sites for hydroxylation is 1. The Kier molecular flexibility index (Phi) is 2.59. The minimum atomic E-state index is -1.08. The number of carbonyl (C=O) groups is 1. The Hall–Kier alpha value is -2.30. The van der Waals surface area contributed by atoms with Crippen LogP contribution in [0.2, 0.25) is 0 Å². The summed E-state index contributed by atoms with van der Waals surface area (Å²) in [6.07, 6.45) is 0. The Morgan fingerprint density at radius 3 is 2.76 bits per heavy atom. The molecule has 0 unspecified atom stereocenters. The summed E-state index contributed by atoms with van der Waals surface area (Å²) in [6, 6.07) is 5.28. The molecule has 17 heavy (non-hydrogen) atoms. The van der Waals surface area contributed by atoms with E-state index in [9.17, 15) is 4.79 Å². The maximum absolute atomic E-state index is 11.1. The normalized spacial score (nSPS) is 10.5. The number of hydrogen-bond acceptors (Lipinski definition) is 4. The number of anilines is 1. The van der Waals surface area contributed by atoms with Crippen LogP contribution in [0.1, 0.15) is 16.1 Å². The average Bonchev–Trinajstić information content (AvgIpc) is 2.27. The van der Waals surface area contributed by atoms with Crippen molar-refractivity contribution in [3.05, 3.63) is 29.5 Å². The molecule has 1 aromatic carbocycles. The lowest BCUT2D eigenvalue weighted by molar-refractivity contribution is 0.0697. The number of aromatic carboxylic acids is 1. The van der Waals surface area contributed by atoms with Crippen LogP contribution in [-0.2, 0) is 0 Å². The third-order valence-electron chi connectivity index (χ3n) is 2.63. The fourth-order valence-corrected chi connectivity index (χ4v) is 1.88. The molecule has 5 heteroatoms. The van der Waals surface area contributed by atoms with Crippen LogP contribution in [0.15, 0.2) is 18.2 Å². The molecule has 3 N–H and O–H groups in total. The van der Waals surface area contributed by atoms with Gasteiger partial charge in [-0.3, -0.25) is 4.98 Å². The van der Waals surface area contributed by atoms with Crippen molar-refractivity contribution in [3.8, 4) is 5.75 Å². The third kappa shape index (κ3) is 1.65.